The maximum Gasteiger partial charge on any atom is 0.237 e. The smallest absolute Gasteiger partial charge is 0.237 e. The second-order valence-electron chi connectivity index (χ2n) is 4.71. The number of ether oxygens (including phenoxy) is 1. The lowest BCUT2D eigenvalue weighted by Gasteiger charge is -2.21. The first kappa shape index (κ1) is 13.6. The lowest BCUT2D eigenvalue weighted by molar-refractivity contribution is -0.124. The van der Waals surface area contributed by atoms with E-state index in [0.717, 1.165) is 12.1 Å². The Morgan fingerprint density at radius 1 is 1.38 bits per heavy atom. The minimum atomic E-state index is -0.329. The Morgan fingerprint density at radius 2 is 2.24 bits per heavy atom. The summed E-state index contributed by atoms with van der Waals surface area (Å²) < 4.78 is 10.5. The Labute approximate surface area is 121 Å². The molecule has 0 radical (unpaired) electrons. The van der Waals surface area contributed by atoms with Gasteiger partial charge in [-0.1, -0.05) is 17.3 Å². The van der Waals surface area contributed by atoms with Crippen LogP contribution in [0, 0.1) is 0 Å². The average molecular weight is 288 g/mol. The Kier molecular flexibility index (Phi) is 3.83. The van der Waals surface area contributed by atoms with E-state index in [4.69, 9.17) is 9.26 Å². The predicted molar refractivity (Wildman–Crippen MR) is 74.8 cm³/mol. The first-order chi connectivity index (χ1) is 10.3. The van der Waals surface area contributed by atoms with E-state index in [0.29, 0.717) is 30.4 Å². The summed E-state index contributed by atoms with van der Waals surface area (Å²) in [4.78, 5) is 16.0. The molecule has 1 saturated heterocycles. The maximum absolute atomic E-state index is 11.7. The van der Waals surface area contributed by atoms with Crippen LogP contribution in [0.15, 0.2) is 28.8 Å². The molecule has 7 nitrogen and oxygen atoms in total. The van der Waals surface area contributed by atoms with Gasteiger partial charge in [0, 0.05) is 13.1 Å². The van der Waals surface area contributed by atoms with Crippen LogP contribution < -0.4 is 15.4 Å². The fourth-order valence-corrected chi connectivity index (χ4v) is 2.26. The van der Waals surface area contributed by atoms with Crippen LogP contribution in [0.1, 0.15) is 5.89 Å². The van der Waals surface area contributed by atoms with E-state index in [-0.39, 0.29) is 11.9 Å². The summed E-state index contributed by atoms with van der Waals surface area (Å²) in [6.07, 6.45) is 0.369. The molecule has 2 heterocycles. The molecule has 3 rings (SSSR count). The molecule has 0 aliphatic carbocycles. The monoisotopic (exact) mass is 288 g/mol. The molecule has 1 fully saturated rings. The van der Waals surface area contributed by atoms with Crippen LogP contribution >= 0.6 is 0 Å². The molecule has 1 aliphatic rings. The molecule has 1 aliphatic heterocycles. The minimum absolute atomic E-state index is 0.0432. The zero-order valence-electron chi connectivity index (χ0n) is 11.6. The van der Waals surface area contributed by atoms with Crippen molar-refractivity contribution in [2.45, 2.75) is 12.5 Å². The lowest BCUT2D eigenvalue weighted by atomic mass is 10.1. The van der Waals surface area contributed by atoms with Crippen molar-refractivity contribution >= 4 is 5.91 Å². The second-order valence-corrected chi connectivity index (χ2v) is 4.71. The number of hydrogen-bond acceptors (Lipinski definition) is 6. The van der Waals surface area contributed by atoms with Crippen molar-refractivity contribution in [3.63, 3.8) is 0 Å². The number of para-hydroxylation sites is 1. The molecule has 1 amide bonds. The summed E-state index contributed by atoms with van der Waals surface area (Å²) in [6, 6.07) is 7.12. The van der Waals surface area contributed by atoms with Gasteiger partial charge < -0.3 is 19.9 Å². The second kappa shape index (κ2) is 5.92. The number of hydrogen-bond donors (Lipinski definition) is 2. The van der Waals surface area contributed by atoms with Gasteiger partial charge in [-0.15, -0.1) is 0 Å². The molecule has 0 spiro atoms. The zero-order valence-corrected chi connectivity index (χ0v) is 11.6. The number of benzene rings is 1. The highest BCUT2D eigenvalue weighted by molar-refractivity contribution is 5.82. The van der Waals surface area contributed by atoms with Crippen molar-refractivity contribution in [3.05, 3.63) is 30.2 Å². The fourth-order valence-electron chi connectivity index (χ4n) is 2.26. The summed E-state index contributed by atoms with van der Waals surface area (Å²) >= 11 is 0. The van der Waals surface area contributed by atoms with Gasteiger partial charge in [0.05, 0.1) is 25.1 Å². The van der Waals surface area contributed by atoms with Crippen LogP contribution in [-0.4, -0.2) is 42.3 Å². The van der Waals surface area contributed by atoms with Crippen molar-refractivity contribution in [1.82, 2.24) is 20.8 Å². The number of rotatable bonds is 4. The van der Waals surface area contributed by atoms with Gasteiger partial charge in [0.2, 0.25) is 17.6 Å². The lowest BCUT2D eigenvalue weighted by Crippen LogP contribution is -2.53. The number of nitrogens with one attached hydrogen (secondary N) is 2. The number of carbonyl (C=O) groups is 1. The first-order valence-corrected chi connectivity index (χ1v) is 6.75. The van der Waals surface area contributed by atoms with Crippen molar-refractivity contribution in [1.29, 1.82) is 0 Å². The summed E-state index contributed by atoms with van der Waals surface area (Å²) in [5.74, 6) is 1.51. The third-order valence-corrected chi connectivity index (χ3v) is 3.33. The quantitative estimate of drug-likeness (QED) is 0.845. The first-order valence-electron chi connectivity index (χ1n) is 6.75. The Balaban J connectivity index is 1.78. The Hall–Kier alpha value is -2.41. The molecule has 1 unspecified atom stereocenters. The number of amides is 1. The molecule has 1 atom stereocenters. The molecule has 1 aromatic heterocycles. The molecule has 0 bridgehead atoms. The van der Waals surface area contributed by atoms with Crippen LogP contribution in [0.3, 0.4) is 0 Å². The number of nitrogens with zero attached hydrogens (tertiary/aromatic N) is 2. The fraction of sp³-hybridized carbons (Fsp3) is 0.357. The average Bonchev–Trinajstić information content (AvgIpc) is 2.98. The largest absolute Gasteiger partial charge is 0.496 e. The van der Waals surface area contributed by atoms with Gasteiger partial charge in [0.15, 0.2) is 0 Å². The molecule has 7 heteroatoms. The topological polar surface area (TPSA) is 89.3 Å². The normalized spacial score (nSPS) is 18.3. The molecule has 2 aromatic rings. The summed E-state index contributed by atoms with van der Waals surface area (Å²) in [6.45, 7) is 1.38. The maximum atomic E-state index is 11.7. The van der Waals surface area contributed by atoms with Crippen LogP contribution in [0.5, 0.6) is 5.75 Å². The van der Waals surface area contributed by atoms with Gasteiger partial charge in [0.25, 0.3) is 0 Å². The van der Waals surface area contributed by atoms with Crippen molar-refractivity contribution in [2.24, 2.45) is 0 Å². The number of aromatic nitrogens is 2. The van der Waals surface area contributed by atoms with Gasteiger partial charge in [-0.3, -0.25) is 4.79 Å². The van der Waals surface area contributed by atoms with E-state index in [1.165, 1.54) is 0 Å². The minimum Gasteiger partial charge on any atom is -0.496 e. The molecular formula is C14H16N4O3. The van der Waals surface area contributed by atoms with Gasteiger partial charge in [0.1, 0.15) is 5.75 Å². The van der Waals surface area contributed by atoms with Crippen LogP contribution in [0.2, 0.25) is 0 Å². The van der Waals surface area contributed by atoms with Crippen LogP contribution in [-0.2, 0) is 11.2 Å². The van der Waals surface area contributed by atoms with Crippen LogP contribution in [0.25, 0.3) is 11.4 Å². The van der Waals surface area contributed by atoms with Gasteiger partial charge >= 0.3 is 0 Å². The summed E-state index contributed by atoms with van der Waals surface area (Å²) in [7, 11) is 1.59. The molecule has 110 valence electrons. The van der Waals surface area contributed by atoms with Gasteiger partial charge in [-0.05, 0) is 12.1 Å². The van der Waals surface area contributed by atoms with Gasteiger partial charge in [-0.25, -0.2) is 0 Å². The van der Waals surface area contributed by atoms with E-state index in [9.17, 15) is 4.79 Å². The highest BCUT2D eigenvalue weighted by Crippen LogP contribution is 2.27. The molecule has 0 saturated carbocycles. The number of carbonyl (C=O) groups excluding carboxylic acids is 1. The van der Waals surface area contributed by atoms with Gasteiger partial charge in [-0.2, -0.15) is 4.98 Å². The van der Waals surface area contributed by atoms with Crippen molar-refractivity contribution in [2.75, 3.05) is 20.2 Å². The SMILES string of the molecule is COc1ccccc1-c1noc(CC2NCCNC2=O)n1. The molecular weight excluding hydrogens is 272 g/mol. The third kappa shape index (κ3) is 2.87. The van der Waals surface area contributed by atoms with E-state index in [1.807, 2.05) is 24.3 Å². The van der Waals surface area contributed by atoms with Crippen molar-refractivity contribution < 1.29 is 14.1 Å². The number of piperazine rings is 1. The molecule has 1 aromatic carbocycles. The van der Waals surface area contributed by atoms with E-state index in [1.54, 1.807) is 7.11 Å². The van der Waals surface area contributed by atoms with E-state index >= 15 is 0 Å². The standard InChI is InChI=1S/C14H16N4O3/c1-20-11-5-3-2-4-9(11)13-17-12(21-18-13)8-10-14(19)16-7-6-15-10/h2-5,10,15H,6-8H2,1H3,(H,16,19). The number of methoxy groups -OCH3 is 1. The van der Waals surface area contributed by atoms with E-state index < -0.39 is 0 Å². The zero-order chi connectivity index (χ0) is 14.7. The Morgan fingerprint density at radius 3 is 3.05 bits per heavy atom. The third-order valence-electron chi connectivity index (χ3n) is 3.33. The Bertz CT molecular complexity index is 641. The molecule has 2 N–H and O–H groups in total. The summed E-state index contributed by atoms with van der Waals surface area (Å²) in [5.41, 5.74) is 0.760. The molecule has 21 heavy (non-hydrogen) atoms. The van der Waals surface area contributed by atoms with Crippen molar-refractivity contribution in [3.8, 4) is 17.1 Å². The van der Waals surface area contributed by atoms with E-state index in [2.05, 4.69) is 20.8 Å². The summed E-state index contributed by atoms with van der Waals surface area (Å²) in [5, 5.41) is 9.88. The highest BCUT2D eigenvalue weighted by atomic mass is 16.5. The predicted octanol–water partition coefficient (Wildman–Crippen LogP) is 0.376. The highest BCUT2D eigenvalue weighted by Gasteiger charge is 2.24. The van der Waals surface area contributed by atoms with Crippen LogP contribution in [0.4, 0.5) is 0 Å².